The molecule has 0 aliphatic rings. The van der Waals surface area contributed by atoms with Gasteiger partial charge in [0.25, 0.3) is 0 Å². The molecule has 0 fully saturated rings. The number of nitrogens with two attached hydrogens (primary N) is 1. The molecule has 2 aromatic rings. The number of hydrogen-bond acceptors (Lipinski definition) is 6. The van der Waals surface area contributed by atoms with Crippen molar-refractivity contribution in [1.82, 2.24) is 0 Å². The van der Waals surface area contributed by atoms with Gasteiger partial charge in [0, 0.05) is 11.1 Å². The fraction of sp³-hybridized carbons (Fsp3) is 0.176. The second-order valence-electron chi connectivity index (χ2n) is 5.35. The van der Waals surface area contributed by atoms with Crippen LogP contribution in [0.3, 0.4) is 0 Å². The Hall–Kier alpha value is -2.42. The van der Waals surface area contributed by atoms with Crippen LogP contribution in [0.5, 0.6) is 5.75 Å². The number of halogens is 1. The molecule has 26 heavy (non-hydrogen) atoms. The molecule has 9 heteroatoms. The lowest BCUT2D eigenvalue weighted by Gasteiger charge is -2.11. The van der Waals surface area contributed by atoms with Crippen LogP contribution in [0.15, 0.2) is 41.3 Å². The Morgan fingerprint density at radius 2 is 1.77 bits per heavy atom. The molecule has 0 saturated heterocycles. The molecule has 0 bridgehead atoms. The van der Waals surface area contributed by atoms with E-state index in [4.69, 9.17) is 26.2 Å². The van der Waals surface area contributed by atoms with Crippen LogP contribution in [0, 0.1) is 0 Å². The third-order valence-electron chi connectivity index (χ3n) is 3.52. The highest BCUT2D eigenvalue weighted by Gasteiger charge is 2.18. The van der Waals surface area contributed by atoms with Crippen molar-refractivity contribution in [1.29, 1.82) is 0 Å². The maximum absolute atomic E-state index is 12.2. The van der Waals surface area contributed by atoms with Crippen molar-refractivity contribution in [2.75, 3.05) is 7.11 Å². The molecule has 138 valence electrons. The van der Waals surface area contributed by atoms with Crippen LogP contribution >= 0.6 is 11.6 Å². The number of hydrogen-bond donors (Lipinski definition) is 1. The number of ketones is 1. The molecular weight excluding hydrogens is 382 g/mol. The molecule has 2 aromatic carbocycles. The zero-order valence-corrected chi connectivity index (χ0v) is 15.6. The summed E-state index contributed by atoms with van der Waals surface area (Å²) in [6.45, 7) is 1.25. The highest BCUT2D eigenvalue weighted by Crippen LogP contribution is 2.24. The Labute approximate surface area is 155 Å². The van der Waals surface area contributed by atoms with E-state index in [2.05, 4.69) is 0 Å². The number of esters is 1. The molecule has 2 rings (SSSR count). The number of rotatable bonds is 6. The van der Waals surface area contributed by atoms with E-state index < -0.39 is 16.0 Å². The lowest BCUT2D eigenvalue weighted by atomic mass is 10.1. The van der Waals surface area contributed by atoms with Crippen LogP contribution in [0.25, 0.3) is 0 Å². The molecule has 0 saturated carbocycles. The highest BCUT2D eigenvalue weighted by molar-refractivity contribution is 7.89. The van der Waals surface area contributed by atoms with Crippen LogP contribution in [-0.4, -0.2) is 27.3 Å². The monoisotopic (exact) mass is 397 g/mol. The standard InChI is InChI=1S/C17H16ClNO6S/c1-10(20)11-4-6-15(24-2)13(7-11)9-25-17(21)12-3-5-14(18)16(8-12)26(19,22)23/h3-8H,9H2,1-2H3,(H2,19,22,23). The summed E-state index contributed by atoms with van der Waals surface area (Å²) in [5.41, 5.74) is 0.911. The van der Waals surface area contributed by atoms with Gasteiger partial charge >= 0.3 is 5.97 Å². The summed E-state index contributed by atoms with van der Waals surface area (Å²) in [5.74, 6) is -0.471. The first-order valence-corrected chi connectivity index (χ1v) is 9.23. The van der Waals surface area contributed by atoms with Crippen molar-refractivity contribution in [2.45, 2.75) is 18.4 Å². The highest BCUT2D eigenvalue weighted by atomic mass is 35.5. The van der Waals surface area contributed by atoms with Gasteiger partial charge in [-0.05, 0) is 43.3 Å². The van der Waals surface area contributed by atoms with Crippen LogP contribution < -0.4 is 9.88 Å². The van der Waals surface area contributed by atoms with Crippen molar-refractivity contribution in [3.05, 3.63) is 58.1 Å². The lowest BCUT2D eigenvalue weighted by Crippen LogP contribution is -2.14. The molecule has 0 spiro atoms. The average Bonchev–Trinajstić information content (AvgIpc) is 2.58. The van der Waals surface area contributed by atoms with E-state index in [1.54, 1.807) is 18.2 Å². The second-order valence-corrected chi connectivity index (χ2v) is 7.29. The van der Waals surface area contributed by atoms with Gasteiger partial charge in [-0.15, -0.1) is 0 Å². The number of primary sulfonamides is 1. The first kappa shape index (κ1) is 19.9. The van der Waals surface area contributed by atoms with E-state index in [1.165, 1.54) is 26.2 Å². The normalized spacial score (nSPS) is 11.1. The van der Waals surface area contributed by atoms with E-state index in [1.807, 2.05) is 0 Å². The Bertz CT molecular complexity index is 971. The van der Waals surface area contributed by atoms with Crippen LogP contribution in [0.2, 0.25) is 5.02 Å². The molecule has 0 aromatic heterocycles. The van der Waals surface area contributed by atoms with Gasteiger partial charge in [-0.25, -0.2) is 18.4 Å². The predicted octanol–water partition coefficient (Wildman–Crippen LogP) is 2.56. The Balaban J connectivity index is 2.24. The van der Waals surface area contributed by atoms with E-state index in [-0.39, 0.29) is 27.9 Å². The zero-order chi connectivity index (χ0) is 19.5. The van der Waals surface area contributed by atoms with Crippen molar-refractivity contribution in [3.63, 3.8) is 0 Å². The van der Waals surface area contributed by atoms with Crippen molar-refractivity contribution < 1.29 is 27.5 Å². The first-order chi connectivity index (χ1) is 12.1. The van der Waals surface area contributed by atoms with Crippen molar-refractivity contribution in [2.24, 2.45) is 5.14 Å². The van der Waals surface area contributed by atoms with Gasteiger partial charge in [0.1, 0.15) is 17.3 Å². The van der Waals surface area contributed by atoms with Crippen LogP contribution in [-0.2, 0) is 21.4 Å². The summed E-state index contributed by atoms with van der Waals surface area (Å²) in [5, 5.41) is 4.96. The third kappa shape index (κ3) is 4.60. The summed E-state index contributed by atoms with van der Waals surface area (Å²) in [6.07, 6.45) is 0. The van der Waals surface area contributed by atoms with Gasteiger partial charge in [-0.3, -0.25) is 4.79 Å². The molecule has 0 unspecified atom stereocenters. The topological polar surface area (TPSA) is 113 Å². The van der Waals surface area contributed by atoms with Crippen molar-refractivity contribution in [3.8, 4) is 5.75 Å². The minimum atomic E-state index is -4.08. The molecule has 0 radical (unpaired) electrons. The van der Waals surface area contributed by atoms with E-state index in [0.29, 0.717) is 16.9 Å². The summed E-state index contributed by atoms with van der Waals surface area (Å²) in [7, 11) is -2.63. The molecule has 0 atom stereocenters. The minimum absolute atomic E-state index is 0.0277. The first-order valence-electron chi connectivity index (χ1n) is 7.31. The molecule has 0 aliphatic carbocycles. The second kappa shape index (κ2) is 7.86. The summed E-state index contributed by atoms with van der Waals surface area (Å²) in [4.78, 5) is 23.3. The average molecular weight is 398 g/mol. The summed E-state index contributed by atoms with van der Waals surface area (Å²) >= 11 is 5.79. The fourth-order valence-corrected chi connectivity index (χ4v) is 3.26. The Kier molecular flexibility index (Phi) is 6.01. The number of ether oxygens (including phenoxy) is 2. The van der Waals surface area contributed by atoms with Gasteiger partial charge < -0.3 is 9.47 Å². The Morgan fingerprint density at radius 1 is 1.12 bits per heavy atom. The van der Waals surface area contributed by atoms with E-state index >= 15 is 0 Å². The quantitative estimate of drug-likeness (QED) is 0.592. The lowest BCUT2D eigenvalue weighted by molar-refractivity contribution is 0.0470. The number of sulfonamides is 1. The smallest absolute Gasteiger partial charge is 0.338 e. The van der Waals surface area contributed by atoms with E-state index in [9.17, 15) is 18.0 Å². The molecule has 0 heterocycles. The number of methoxy groups -OCH3 is 1. The zero-order valence-electron chi connectivity index (χ0n) is 14.0. The van der Waals surface area contributed by atoms with Crippen molar-refractivity contribution >= 4 is 33.4 Å². The number of carbonyl (C=O) groups excluding carboxylic acids is 2. The summed E-state index contributed by atoms with van der Waals surface area (Å²) < 4.78 is 33.3. The van der Waals surface area contributed by atoms with Gasteiger partial charge in [-0.2, -0.15) is 0 Å². The largest absolute Gasteiger partial charge is 0.496 e. The molecule has 0 amide bonds. The minimum Gasteiger partial charge on any atom is -0.496 e. The van der Waals surface area contributed by atoms with E-state index in [0.717, 1.165) is 6.07 Å². The van der Waals surface area contributed by atoms with Gasteiger partial charge in [0.2, 0.25) is 10.0 Å². The molecule has 7 nitrogen and oxygen atoms in total. The summed E-state index contributed by atoms with van der Waals surface area (Å²) in [6, 6.07) is 8.37. The number of carbonyl (C=O) groups is 2. The molecule has 0 aliphatic heterocycles. The molecule has 2 N–H and O–H groups in total. The molecular formula is C17H16ClNO6S. The van der Waals surface area contributed by atoms with Gasteiger partial charge in [0.05, 0.1) is 17.7 Å². The van der Waals surface area contributed by atoms with Crippen LogP contribution in [0.1, 0.15) is 33.2 Å². The maximum Gasteiger partial charge on any atom is 0.338 e. The number of benzene rings is 2. The maximum atomic E-state index is 12.2. The SMILES string of the molecule is COc1ccc(C(C)=O)cc1COC(=O)c1ccc(Cl)c(S(N)(=O)=O)c1. The fourth-order valence-electron chi connectivity index (χ4n) is 2.19. The number of Topliss-reactive ketones (excluding diaryl/α,β-unsaturated/α-hetero) is 1. The Morgan fingerprint density at radius 3 is 2.35 bits per heavy atom. The van der Waals surface area contributed by atoms with Crippen LogP contribution in [0.4, 0.5) is 0 Å². The predicted molar refractivity (Wildman–Crippen MR) is 94.9 cm³/mol. The third-order valence-corrected chi connectivity index (χ3v) is 4.91. The van der Waals surface area contributed by atoms with Gasteiger partial charge in [-0.1, -0.05) is 11.6 Å². The van der Waals surface area contributed by atoms with Gasteiger partial charge in [0.15, 0.2) is 5.78 Å².